The van der Waals surface area contributed by atoms with Crippen LogP contribution in [0.1, 0.15) is 25.1 Å². The standard InChI is InChI=1S/C15H16F3N7/c1-3-20-12-9(15(16,17)18)5-21-13(24-12)23-10-6-22-25-8-14(2,7-19)4-11(10)25/h5-6H,3-4,8H2,1-2H3,(H2,20,21,23,24). The number of fused-ring (bicyclic) bond motifs is 1. The van der Waals surface area contributed by atoms with Crippen LogP contribution in [-0.2, 0) is 19.1 Å². The molecule has 3 rings (SSSR count). The number of nitrogens with one attached hydrogen (secondary N) is 2. The molecule has 0 saturated heterocycles. The van der Waals surface area contributed by atoms with Gasteiger partial charge in [0.15, 0.2) is 0 Å². The van der Waals surface area contributed by atoms with E-state index in [-0.39, 0.29) is 11.8 Å². The second-order valence-electron chi connectivity index (χ2n) is 6.12. The van der Waals surface area contributed by atoms with Gasteiger partial charge < -0.3 is 10.6 Å². The van der Waals surface area contributed by atoms with Crippen molar-refractivity contribution in [3.8, 4) is 6.07 Å². The number of alkyl halides is 3. The predicted molar refractivity (Wildman–Crippen MR) is 84.1 cm³/mol. The van der Waals surface area contributed by atoms with Gasteiger partial charge in [-0.05, 0) is 13.8 Å². The number of rotatable bonds is 4. The van der Waals surface area contributed by atoms with E-state index in [0.717, 1.165) is 11.9 Å². The molecule has 0 fully saturated rings. The fraction of sp³-hybridized carbons (Fsp3) is 0.467. The molecule has 2 aromatic heterocycles. The van der Waals surface area contributed by atoms with Crippen molar-refractivity contribution in [2.45, 2.75) is 33.0 Å². The average Bonchev–Trinajstić information content (AvgIpc) is 3.05. The predicted octanol–water partition coefficient (Wildman–Crippen LogP) is 2.95. The largest absolute Gasteiger partial charge is 0.421 e. The van der Waals surface area contributed by atoms with Gasteiger partial charge in [-0.15, -0.1) is 0 Å². The molecule has 3 heterocycles. The third-order valence-corrected chi connectivity index (χ3v) is 3.96. The lowest BCUT2D eigenvalue weighted by Crippen LogP contribution is -2.15. The fourth-order valence-electron chi connectivity index (χ4n) is 2.74. The molecular weight excluding hydrogens is 335 g/mol. The molecule has 0 bridgehead atoms. The molecule has 0 aliphatic carbocycles. The maximum Gasteiger partial charge on any atom is 0.421 e. The Balaban J connectivity index is 1.89. The van der Waals surface area contributed by atoms with Crippen LogP contribution in [0.2, 0.25) is 0 Å². The van der Waals surface area contributed by atoms with Gasteiger partial charge in [-0.1, -0.05) is 0 Å². The van der Waals surface area contributed by atoms with Crippen molar-refractivity contribution in [1.82, 2.24) is 19.7 Å². The molecule has 0 amide bonds. The summed E-state index contributed by atoms with van der Waals surface area (Å²) in [6.45, 7) is 4.28. The Kier molecular flexibility index (Phi) is 4.02. The summed E-state index contributed by atoms with van der Waals surface area (Å²) < 4.78 is 40.7. The lowest BCUT2D eigenvalue weighted by molar-refractivity contribution is -0.137. The van der Waals surface area contributed by atoms with E-state index in [2.05, 4.69) is 31.8 Å². The van der Waals surface area contributed by atoms with Gasteiger partial charge in [0.1, 0.15) is 11.4 Å². The van der Waals surface area contributed by atoms with E-state index < -0.39 is 17.2 Å². The molecule has 25 heavy (non-hydrogen) atoms. The third-order valence-electron chi connectivity index (χ3n) is 3.96. The van der Waals surface area contributed by atoms with E-state index in [1.807, 2.05) is 6.92 Å². The highest BCUT2D eigenvalue weighted by Gasteiger charge is 2.37. The summed E-state index contributed by atoms with van der Waals surface area (Å²) in [6, 6.07) is 2.26. The minimum absolute atomic E-state index is 0.0327. The van der Waals surface area contributed by atoms with Crippen LogP contribution < -0.4 is 10.6 Å². The van der Waals surface area contributed by atoms with E-state index in [4.69, 9.17) is 0 Å². The highest BCUT2D eigenvalue weighted by Crippen LogP contribution is 2.37. The maximum absolute atomic E-state index is 13.0. The van der Waals surface area contributed by atoms with Crippen LogP contribution in [0, 0.1) is 16.7 Å². The summed E-state index contributed by atoms with van der Waals surface area (Å²) >= 11 is 0. The zero-order chi connectivity index (χ0) is 18.2. The van der Waals surface area contributed by atoms with Crippen LogP contribution in [0.15, 0.2) is 12.4 Å². The minimum atomic E-state index is -4.54. The zero-order valence-corrected chi connectivity index (χ0v) is 13.6. The molecule has 1 atom stereocenters. The summed E-state index contributed by atoms with van der Waals surface area (Å²) in [5.74, 6) is -0.247. The first-order valence-electron chi connectivity index (χ1n) is 7.67. The molecule has 1 unspecified atom stereocenters. The van der Waals surface area contributed by atoms with E-state index in [9.17, 15) is 18.4 Å². The van der Waals surface area contributed by atoms with Crippen molar-refractivity contribution in [3.05, 3.63) is 23.7 Å². The first-order valence-corrected chi connectivity index (χ1v) is 7.67. The van der Waals surface area contributed by atoms with Crippen molar-refractivity contribution < 1.29 is 13.2 Å². The third kappa shape index (κ3) is 3.22. The zero-order valence-electron chi connectivity index (χ0n) is 13.6. The van der Waals surface area contributed by atoms with E-state index >= 15 is 0 Å². The summed E-state index contributed by atoms with van der Waals surface area (Å²) in [5, 5.41) is 19.0. The molecule has 10 heteroatoms. The van der Waals surface area contributed by atoms with Gasteiger partial charge >= 0.3 is 6.18 Å². The monoisotopic (exact) mass is 351 g/mol. The van der Waals surface area contributed by atoms with Crippen molar-refractivity contribution in [3.63, 3.8) is 0 Å². The van der Waals surface area contributed by atoms with Crippen molar-refractivity contribution in [1.29, 1.82) is 5.26 Å². The molecule has 132 valence electrons. The number of halogens is 3. The van der Waals surface area contributed by atoms with Gasteiger partial charge in [-0.2, -0.15) is 28.5 Å². The molecule has 0 aromatic carbocycles. The summed E-state index contributed by atoms with van der Waals surface area (Å²) in [5.41, 5.74) is -0.0772. The van der Waals surface area contributed by atoms with Gasteiger partial charge in [0.05, 0.1) is 35.6 Å². The summed E-state index contributed by atoms with van der Waals surface area (Å²) in [4.78, 5) is 7.69. The fourth-order valence-corrected chi connectivity index (χ4v) is 2.74. The Morgan fingerprint density at radius 2 is 2.16 bits per heavy atom. The molecule has 7 nitrogen and oxygen atoms in total. The number of nitrogens with zero attached hydrogens (tertiary/aromatic N) is 5. The molecule has 2 N–H and O–H groups in total. The molecule has 0 spiro atoms. The van der Waals surface area contributed by atoms with Crippen LogP contribution in [-0.4, -0.2) is 26.3 Å². The lowest BCUT2D eigenvalue weighted by atomic mass is 9.90. The highest BCUT2D eigenvalue weighted by molar-refractivity contribution is 5.59. The topological polar surface area (TPSA) is 91.5 Å². The number of hydrogen-bond donors (Lipinski definition) is 2. The Morgan fingerprint density at radius 1 is 1.40 bits per heavy atom. The van der Waals surface area contributed by atoms with Crippen LogP contribution >= 0.6 is 0 Å². The number of nitriles is 1. The second-order valence-corrected chi connectivity index (χ2v) is 6.12. The first-order chi connectivity index (χ1) is 11.8. The van der Waals surface area contributed by atoms with Crippen LogP contribution in [0.4, 0.5) is 30.6 Å². The Hall–Kier alpha value is -2.83. The second kappa shape index (κ2) is 5.91. The highest BCUT2D eigenvalue weighted by atomic mass is 19.4. The van der Waals surface area contributed by atoms with Crippen molar-refractivity contribution in [2.75, 3.05) is 17.2 Å². The number of anilines is 3. The Morgan fingerprint density at radius 3 is 2.80 bits per heavy atom. The van der Waals surface area contributed by atoms with Gasteiger partial charge in [0, 0.05) is 19.2 Å². The number of hydrogen-bond acceptors (Lipinski definition) is 6. The van der Waals surface area contributed by atoms with Gasteiger partial charge in [0.25, 0.3) is 0 Å². The Labute approximate surface area is 141 Å². The van der Waals surface area contributed by atoms with E-state index in [1.165, 1.54) is 0 Å². The smallest absolute Gasteiger partial charge is 0.370 e. The van der Waals surface area contributed by atoms with E-state index in [0.29, 0.717) is 25.2 Å². The van der Waals surface area contributed by atoms with Crippen LogP contribution in [0.3, 0.4) is 0 Å². The van der Waals surface area contributed by atoms with Crippen molar-refractivity contribution >= 4 is 17.5 Å². The molecule has 1 aliphatic rings. The van der Waals surface area contributed by atoms with Gasteiger partial charge in [0.2, 0.25) is 5.95 Å². The molecule has 0 radical (unpaired) electrons. The maximum atomic E-state index is 13.0. The SMILES string of the molecule is CCNc1nc(Nc2cnn3c2CC(C)(C#N)C3)ncc1C(F)(F)F. The summed E-state index contributed by atoms with van der Waals surface area (Å²) in [7, 11) is 0. The number of aromatic nitrogens is 4. The van der Waals surface area contributed by atoms with Crippen LogP contribution in [0.5, 0.6) is 0 Å². The minimum Gasteiger partial charge on any atom is -0.370 e. The lowest BCUT2D eigenvalue weighted by Gasteiger charge is -2.14. The normalized spacial score (nSPS) is 19.4. The van der Waals surface area contributed by atoms with Gasteiger partial charge in [-0.25, -0.2) is 4.98 Å². The van der Waals surface area contributed by atoms with Crippen molar-refractivity contribution in [2.24, 2.45) is 5.41 Å². The van der Waals surface area contributed by atoms with Crippen LogP contribution in [0.25, 0.3) is 0 Å². The van der Waals surface area contributed by atoms with E-state index in [1.54, 1.807) is 17.8 Å². The average molecular weight is 351 g/mol. The Bertz CT molecular complexity index is 837. The molecule has 1 aliphatic heterocycles. The molecule has 2 aromatic rings. The van der Waals surface area contributed by atoms with Gasteiger partial charge in [-0.3, -0.25) is 4.68 Å². The first kappa shape index (κ1) is 17.0. The molecular formula is C15H16F3N7. The molecule has 0 saturated carbocycles. The summed E-state index contributed by atoms with van der Waals surface area (Å²) in [6.07, 6.45) is -1.74. The quantitative estimate of drug-likeness (QED) is 0.880.